The van der Waals surface area contributed by atoms with Crippen LogP contribution in [0.1, 0.15) is 32.1 Å². The molecule has 0 aliphatic heterocycles. The monoisotopic (exact) mass is 392 g/mol. The summed E-state index contributed by atoms with van der Waals surface area (Å²) in [5.41, 5.74) is 0. The van der Waals surface area contributed by atoms with E-state index in [0.717, 1.165) is 12.8 Å². The molecule has 27 heavy (non-hydrogen) atoms. The third-order valence-corrected chi connectivity index (χ3v) is 5.88. The van der Waals surface area contributed by atoms with E-state index in [2.05, 4.69) is 20.2 Å². The molecule has 8 nitrogen and oxygen atoms in total. The van der Waals surface area contributed by atoms with Crippen molar-refractivity contribution in [3.63, 3.8) is 0 Å². The number of anilines is 2. The maximum absolute atomic E-state index is 12.6. The number of hydrogen-bond donors (Lipinski definition) is 2. The number of nitrogens with zero attached hydrogens (tertiary/aromatic N) is 2. The fourth-order valence-electron chi connectivity index (χ4n) is 3.10. The van der Waals surface area contributed by atoms with Crippen molar-refractivity contribution in [3.8, 4) is 11.5 Å². The van der Waals surface area contributed by atoms with E-state index in [1.165, 1.54) is 51.7 Å². The molecule has 0 amide bonds. The minimum Gasteiger partial charge on any atom is -0.493 e. The number of ether oxygens (including phenoxy) is 2. The molecule has 0 saturated heterocycles. The van der Waals surface area contributed by atoms with Crippen molar-refractivity contribution >= 4 is 21.7 Å². The summed E-state index contributed by atoms with van der Waals surface area (Å²) in [5.74, 6) is 1.59. The smallest absolute Gasteiger partial charge is 0.263 e. The van der Waals surface area contributed by atoms with E-state index in [0.29, 0.717) is 23.4 Å². The molecule has 1 saturated carbocycles. The third-order valence-electron chi connectivity index (χ3n) is 4.53. The number of hydrogen-bond acceptors (Lipinski definition) is 7. The van der Waals surface area contributed by atoms with Gasteiger partial charge in [0, 0.05) is 12.1 Å². The van der Waals surface area contributed by atoms with Crippen LogP contribution in [0.3, 0.4) is 0 Å². The minimum absolute atomic E-state index is 0.0476. The standard InChI is InChI=1S/C18H24N4O4S/c1-25-15-9-8-14(12-16(15)26-2)27(23,24)22-18-11-10-17(20-21-18)19-13-6-4-3-5-7-13/h8-13H,3-7H2,1-2H3,(H,19,20)(H,21,22). The summed E-state index contributed by atoms with van der Waals surface area (Å²) in [5, 5.41) is 11.4. The zero-order valence-corrected chi connectivity index (χ0v) is 16.3. The summed E-state index contributed by atoms with van der Waals surface area (Å²) in [6, 6.07) is 8.10. The van der Waals surface area contributed by atoms with Crippen molar-refractivity contribution in [1.82, 2.24) is 10.2 Å². The molecule has 0 spiro atoms. The van der Waals surface area contributed by atoms with Gasteiger partial charge in [0.05, 0.1) is 19.1 Å². The summed E-state index contributed by atoms with van der Waals surface area (Å²) < 4.78 is 37.9. The quantitative estimate of drug-likeness (QED) is 0.746. The van der Waals surface area contributed by atoms with Gasteiger partial charge in [-0.05, 0) is 37.1 Å². The van der Waals surface area contributed by atoms with Crippen LogP contribution >= 0.6 is 0 Å². The average Bonchev–Trinajstić information content (AvgIpc) is 2.69. The molecule has 1 aromatic carbocycles. The Balaban J connectivity index is 1.70. The third kappa shape index (κ3) is 4.79. The lowest BCUT2D eigenvalue weighted by molar-refractivity contribution is 0.354. The molecule has 0 radical (unpaired) electrons. The van der Waals surface area contributed by atoms with Gasteiger partial charge in [0.2, 0.25) is 0 Å². The van der Waals surface area contributed by atoms with Gasteiger partial charge in [-0.15, -0.1) is 10.2 Å². The second-order valence-electron chi connectivity index (χ2n) is 6.41. The highest BCUT2D eigenvalue weighted by Gasteiger charge is 2.18. The molecule has 0 unspecified atom stereocenters. The van der Waals surface area contributed by atoms with E-state index >= 15 is 0 Å². The Labute approximate surface area is 159 Å². The molecule has 1 aromatic heterocycles. The van der Waals surface area contributed by atoms with E-state index in [4.69, 9.17) is 9.47 Å². The first kappa shape index (κ1) is 19.2. The normalized spacial score (nSPS) is 15.2. The zero-order valence-electron chi connectivity index (χ0n) is 15.4. The van der Waals surface area contributed by atoms with Gasteiger partial charge in [0.25, 0.3) is 10.0 Å². The molecule has 1 heterocycles. The molecular formula is C18H24N4O4S. The van der Waals surface area contributed by atoms with Crippen LogP contribution in [0, 0.1) is 0 Å². The van der Waals surface area contributed by atoms with Gasteiger partial charge in [0.1, 0.15) is 5.82 Å². The first-order chi connectivity index (χ1) is 13.0. The van der Waals surface area contributed by atoms with Crippen LogP contribution in [0.15, 0.2) is 35.2 Å². The molecule has 1 fully saturated rings. The van der Waals surface area contributed by atoms with Gasteiger partial charge >= 0.3 is 0 Å². The highest BCUT2D eigenvalue weighted by molar-refractivity contribution is 7.92. The Hall–Kier alpha value is -2.55. The van der Waals surface area contributed by atoms with Crippen LogP contribution in [-0.4, -0.2) is 38.9 Å². The Morgan fingerprint density at radius 2 is 1.59 bits per heavy atom. The van der Waals surface area contributed by atoms with E-state index in [1.807, 2.05) is 0 Å². The molecule has 3 rings (SSSR count). The largest absolute Gasteiger partial charge is 0.493 e. The molecule has 1 aliphatic rings. The number of benzene rings is 1. The Morgan fingerprint density at radius 3 is 2.22 bits per heavy atom. The first-order valence-corrected chi connectivity index (χ1v) is 10.4. The van der Waals surface area contributed by atoms with Crippen LogP contribution in [0.4, 0.5) is 11.6 Å². The van der Waals surface area contributed by atoms with E-state index in [9.17, 15) is 8.42 Å². The fraction of sp³-hybridized carbons (Fsp3) is 0.444. The highest BCUT2D eigenvalue weighted by atomic mass is 32.2. The first-order valence-electron chi connectivity index (χ1n) is 8.87. The molecule has 0 bridgehead atoms. The van der Waals surface area contributed by atoms with Gasteiger partial charge in [0.15, 0.2) is 17.3 Å². The molecule has 9 heteroatoms. The maximum atomic E-state index is 12.6. The fourth-order valence-corrected chi connectivity index (χ4v) is 4.11. The van der Waals surface area contributed by atoms with Gasteiger partial charge in [-0.3, -0.25) is 4.72 Å². The van der Waals surface area contributed by atoms with Gasteiger partial charge in [-0.25, -0.2) is 8.42 Å². The van der Waals surface area contributed by atoms with Crippen molar-refractivity contribution in [2.45, 2.75) is 43.0 Å². The summed E-state index contributed by atoms with van der Waals surface area (Å²) in [7, 11) is -0.881. The molecule has 0 atom stereocenters. The van der Waals surface area contributed by atoms with Gasteiger partial charge in [-0.1, -0.05) is 19.3 Å². The number of sulfonamides is 1. The van der Waals surface area contributed by atoms with Crippen LogP contribution in [0.5, 0.6) is 11.5 Å². The summed E-state index contributed by atoms with van der Waals surface area (Å²) in [6.45, 7) is 0. The maximum Gasteiger partial charge on any atom is 0.263 e. The van der Waals surface area contributed by atoms with Crippen molar-refractivity contribution < 1.29 is 17.9 Å². The lowest BCUT2D eigenvalue weighted by atomic mass is 9.95. The second-order valence-corrected chi connectivity index (χ2v) is 8.09. The molecule has 2 N–H and O–H groups in total. The van der Waals surface area contributed by atoms with Crippen LogP contribution in [0.2, 0.25) is 0 Å². The van der Waals surface area contributed by atoms with E-state index in [1.54, 1.807) is 12.1 Å². The molecular weight excluding hydrogens is 368 g/mol. The van der Waals surface area contributed by atoms with Gasteiger partial charge in [-0.2, -0.15) is 0 Å². The van der Waals surface area contributed by atoms with Crippen molar-refractivity contribution in [2.75, 3.05) is 24.3 Å². The Kier molecular flexibility index (Phi) is 6.00. The number of nitrogens with one attached hydrogen (secondary N) is 2. The predicted molar refractivity (Wildman–Crippen MR) is 103 cm³/mol. The summed E-state index contributed by atoms with van der Waals surface area (Å²) in [4.78, 5) is 0.0476. The van der Waals surface area contributed by atoms with Crippen LogP contribution in [-0.2, 0) is 10.0 Å². The van der Waals surface area contributed by atoms with E-state index in [-0.39, 0.29) is 10.7 Å². The minimum atomic E-state index is -3.82. The van der Waals surface area contributed by atoms with Gasteiger partial charge < -0.3 is 14.8 Å². The Bertz CT molecular complexity index is 865. The zero-order chi connectivity index (χ0) is 19.3. The van der Waals surface area contributed by atoms with Crippen molar-refractivity contribution in [3.05, 3.63) is 30.3 Å². The number of methoxy groups -OCH3 is 2. The lowest BCUT2D eigenvalue weighted by Gasteiger charge is -2.22. The van der Waals surface area contributed by atoms with Crippen molar-refractivity contribution in [2.24, 2.45) is 0 Å². The summed E-state index contributed by atoms with van der Waals surface area (Å²) >= 11 is 0. The highest BCUT2D eigenvalue weighted by Crippen LogP contribution is 2.30. The predicted octanol–water partition coefficient (Wildman–Crippen LogP) is 3.04. The van der Waals surface area contributed by atoms with Crippen molar-refractivity contribution in [1.29, 1.82) is 0 Å². The number of rotatable bonds is 7. The molecule has 2 aromatic rings. The summed E-state index contributed by atoms with van der Waals surface area (Å²) in [6.07, 6.45) is 5.95. The number of aromatic nitrogens is 2. The lowest BCUT2D eigenvalue weighted by Crippen LogP contribution is -2.23. The SMILES string of the molecule is COc1ccc(S(=O)(=O)Nc2ccc(NC3CCCCC3)nn2)cc1OC. The Morgan fingerprint density at radius 1 is 0.926 bits per heavy atom. The topological polar surface area (TPSA) is 102 Å². The average molecular weight is 392 g/mol. The van der Waals surface area contributed by atoms with E-state index < -0.39 is 10.0 Å². The van der Waals surface area contributed by atoms with Crippen LogP contribution < -0.4 is 19.5 Å². The molecule has 146 valence electrons. The molecule has 1 aliphatic carbocycles. The second kappa shape index (κ2) is 8.43. The van der Waals surface area contributed by atoms with Crippen LogP contribution in [0.25, 0.3) is 0 Å².